The number of rotatable bonds is 7. The second-order valence-corrected chi connectivity index (χ2v) is 7.28. The van der Waals surface area contributed by atoms with Gasteiger partial charge in [0, 0.05) is 35.7 Å². The summed E-state index contributed by atoms with van der Waals surface area (Å²) in [4.78, 5) is 28.9. The third-order valence-corrected chi connectivity index (χ3v) is 4.88. The molecule has 4 rings (SSSR count). The normalized spacial score (nSPS) is 10.5. The number of halogens is 1. The number of imidazole rings is 1. The quantitative estimate of drug-likeness (QED) is 0.437. The molecule has 0 aliphatic rings. The van der Waals surface area contributed by atoms with Crippen molar-refractivity contribution in [3.8, 4) is 5.75 Å². The van der Waals surface area contributed by atoms with E-state index < -0.39 is 5.82 Å². The van der Waals surface area contributed by atoms with Gasteiger partial charge in [-0.25, -0.2) is 9.37 Å². The van der Waals surface area contributed by atoms with Crippen LogP contribution in [0.15, 0.2) is 85.3 Å². The van der Waals surface area contributed by atoms with Gasteiger partial charge in [-0.15, -0.1) is 0 Å². The van der Waals surface area contributed by atoms with Crippen LogP contribution < -0.4 is 15.4 Å². The number of carbonyl (C=O) groups excluding carboxylic acids is 2. The van der Waals surface area contributed by atoms with Crippen molar-refractivity contribution in [2.45, 2.75) is 6.54 Å². The van der Waals surface area contributed by atoms with Gasteiger partial charge in [-0.2, -0.15) is 0 Å². The maximum Gasteiger partial charge on any atom is 0.275 e. The van der Waals surface area contributed by atoms with Crippen molar-refractivity contribution in [1.82, 2.24) is 9.55 Å². The zero-order valence-corrected chi connectivity index (χ0v) is 17.8. The summed E-state index contributed by atoms with van der Waals surface area (Å²) in [6.45, 7) is 0.506. The first-order valence-corrected chi connectivity index (χ1v) is 10.1. The zero-order valence-electron chi connectivity index (χ0n) is 17.8. The molecule has 33 heavy (non-hydrogen) atoms. The molecule has 0 unspecified atom stereocenters. The number of benzene rings is 3. The number of nitrogens with one attached hydrogen (secondary N) is 2. The van der Waals surface area contributed by atoms with Gasteiger partial charge in [0.1, 0.15) is 17.3 Å². The van der Waals surface area contributed by atoms with E-state index in [-0.39, 0.29) is 11.8 Å². The van der Waals surface area contributed by atoms with Crippen molar-refractivity contribution >= 4 is 23.2 Å². The Morgan fingerprint density at radius 1 is 0.939 bits per heavy atom. The highest BCUT2D eigenvalue weighted by atomic mass is 19.1. The van der Waals surface area contributed by atoms with Crippen LogP contribution in [0.4, 0.5) is 15.8 Å². The number of ether oxygens (including phenoxy) is 1. The molecule has 0 bridgehead atoms. The minimum Gasteiger partial charge on any atom is -0.497 e. The topological polar surface area (TPSA) is 85.2 Å². The molecule has 0 saturated carbocycles. The fourth-order valence-electron chi connectivity index (χ4n) is 3.17. The van der Waals surface area contributed by atoms with Crippen LogP contribution in [-0.4, -0.2) is 28.5 Å². The van der Waals surface area contributed by atoms with Gasteiger partial charge in [-0.3, -0.25) is 9.59 Å². The van der Waals surface area contributed by atoms with Gasteiger partial charge >= 0.3 is 0 Å². The van der Waals surface area contributed by atoms with Gasteiger partial charge in [0.25, 0.3) is 11.8 Å². The smallest absolute Gasteiger partial charge is 0.275 e. The van der Waals surface area contributed by atoms with Gasteiger partial charge in [-0.1, -0.05) is 18.2 Å². The molecule has 1 aromatic heterocycles. The Morgan fingerprint density at radius 2 is 1.67 bits per heavy atom. The largest absolute Gasteiger partial charge is 0.497 e. The summed E-state index contributed by atoms with van der Waals surface area (Å²) in [5.74, 6) is -0.378. The lowest BCUT2D eigenvalue weighted by atomic mass is 10.1. The van der Waals surface area contributed by atoms with E-state index in [1.807, 2.05) is 12.1 Å². The molecule has 2 N–H and O–H groups in total. The van der Waals surface area contributed by atoms with E-state index in [1.165, 1.54) is 24.3 Å². The fraction of sp³-hybridized carbons (Fsp3) is 0.0800. The van der Waals surface area contributed by atoms with E-state index in [9.17, 15) is 14.0 Å². The standard InChI is InChI=1S/C25H21FN4O3/c1-33-22-4-2-3-21(13-22)29-25(32)23-15-30(16-27-23)14-17-5-11-20(12-6-17)28-24(31)18-7-9-19(26)10-8-18/h2-13,15-16H,14H2,1H3,(H,28,31)(H,29,32). The molecule has 166 valence electrons. The maximum atomic E-state index is 13.0. The van der Waals surface area contributed by atoms with Crippen molar-refractivity contribution in [2.24, 2.45) is 0 Å². The van der Waals surface area contributed by atoms with Gasteiger partial charge < -0.3 is 19.9 Å². The van der Waals surface area contributed by atoms with Crippen LogP contribution in [0.3, 0.4) is 0 Å². The third kappa shape index (κ3) is 5.62. The van der Waals surface area contributed by atoms with Crippen molar-refractivity contribution in [1.29, 1.82) is 0 Å². The predicted octanol–water partition coefficient (Wildman–Crippen LogP) is 4.58. The lowest BCUT2D eigenvalue weighted by molar-refractivity contribution is 0.101. The molecule has 0 radical (unpaired) electrons. The van der Waals surface area contributed by atoms with Crippen molar-refractivity contribution in [2.75, 3.05) is 17.7 Å². The lowest BCUT2D eigenvalue weighted by Crippen LogP contribution is -2.12. The van der Waals surface area contributed by atoms with Gasteiger partial charge in [0.2, 0.25) is 0 Å². The highest BCUT2D eigenvalue weighted by Crippen LogP contribution is 2.18. The van der Waals surface area contributed by atoms with Crippen LogP contribution in [0.5, 0.6) is 5.75 Å². The van der Waals surface area contributed by atoms with Crippen molar-refractivity contribution in [3.63, 3.8) is 0 Å². The molecule has 2 amide bonds. The second-order valence-electron chi connectivity index (χ2n) is 7.28. The third-order valence-electron chi connectivity index (χ3n) is 4.88. The van der Waals surface area contributed by atoms with Crippen LogP contribution in [0.2, 0.25) is 0 Å². The van der Waals surface area contributed by atoms with E-state index in [1.54, 1.807) is 60.6 Å². The molecular weight excluding hydrogens is 423 g/mol. The summed E-state index contributed by atoms with van der Waals surface area (Å²) >= 11 is 0. The van der Waals surface area contributed by atoms with Gasteiger partial charge in [0.05, 0.1) is 13.4 Å². The molecule has 7 nitrogen and oxygen atoms in total. The summed E-state index contributed by atoms with van der Waals surface area (Å²) in [6.07, 6.45) is 3.25. The summed E-state index contributed by atoms with van der Waals surface area (Å²) in [7, 11) is 1.56. The number of anilines is 2. The number of hydrogen-bond acceptors (Lipinski definition) is 4. The maximum absolute atomic E-state index is 13.0. The Balaban J connectivity index is 1.35. The summed E-state index contributed by atoms with van der Waals surface area (Å²) in [5.41, 5.74) is 2.87. The molecule has 8 heteroatoms. The van der Waals surface area contributed by atoms with Crippen LogP contribution in [0.1, 0.15) is 26.4 Å². The molecule has 0 atom stereocenters. The summed E-state index contributed by atoms with van der Waals surface area (Å²) < 4.78 is 20.0. The van der Waals surface area contributed by atoms with Crippen LogP contribution in [0, 0.1) is 5.82 Å². The summed E-state index contributed by atoms with van der Waals surface area (Å²) in [5, 5.41) is 5.57. The zero-order chi connectivity index (χ0) is 23.2. The fourth-order valence-corrected chi connectivity index (χ4v) is 3.17. The highest BCUT2D eigenvalue weighted by Gasteiger charge is 2.11. The molecule has 0 saturated heterocycles. The highest BCUT2D eigenvalue weighted by molar-refractivity contribution is 6.04. The average Bonchev–Trinajstić information content (AvgIpc) is 3.29. The second kappa shape index (κ2) is 9.78. The number of nitrogens with zero attached hydrogens (tertiary/aromatic N) is 2. The van der Waals surface area contributed by atoms with Crippen molar-refractivity contribution in [3.05, 3.63) is 108 Å². The molecule has 4 aromatic rings. The first-order valence-electron chi connectivity index (χ1n) is 10.1. The van der Waals surface area contributed by atoms with Crippen LogP contribution >= 0.6 is 0 Å². The molecule has 0 aliphatic carbocycles. The van der Waals surface area contributed by atoms with E-state index in [2.05, 4.69) is 15.6 Å². The number of carbonyl (C=O) groups is 2. The Morgan fingerprint density at radius 3 is 2.39 bits per heavy atom. The van der Waals surface area contributed by atoms with Crippen LogP contribution in [-0.2, 0) is 6.54 Å². The molecule has 0 aliphatic heterocycles. The van der Waals surface area contributed by atoms with Crippen molar-refractivity contribution < 1.29 is 18.7 Å². The van der Waals surface area contributed by atoms with E-state index in [4.69, 9.17) is 4.74 Å². The van der Waals surface area contributed by atoms with E-state index in [0.717, 1.165) is 5.56 Å². The predicted molar refractivity (Wildman–Crippen MR) is 123 cm³/mol. The molecular formula is C25H21FN4O3. The van der Waals surface area contributed by atoms with E-state index >= 15 is 0 Å². The number of hydrogen-bond donors (Lipinski definition) is 2. The SMILES string of the molecule is COc1cccc(NC(=O)c2cn(Cc3ccc(NC(=O)c4ccc(F)cc4)cc3)cn2)c1. The number of methoxy groups -OCH3 is 1. The Kier molecular flexibility index (Phi) is 6.45. The summed E-state index contributed by atoms with van der Waals surface area (Å²) in [6, 6.07) is 19.7. The van der Waals surface area contributed by atoms with Gasteiger partial charge in [0.15, 0.2) is 0 Å². The first kappa shape index (κ1) is 21.8. The minimum atomic E-state index is -0.392. The molecule has 0 spiro atoms. The Hall–Kier alpha value is -4.46. The lowest BCUT2D eigenvalue weighted by Gasteiger charge is -2.07. The monoisotopic (exact) mass is 444 g/mol. The molecule has 0 fully saturated rings. The first-order chi connectivity index (χ1) is 16.0. The van der Waals surface area contributed by atoms with Crippen LogP contribution in [0.25, 0.3) is 0 Å². The molecule has 3 aromatic carbocycles. The van der Waals surface area contributed by atoms with Gasteiger partial charge in [-0.05, 0) is 54.1 Å². The average molecular weight is 444 g/mol. The Bertz CT molecular complexity index is 1270. The Labute approximate surface area is 189 Å². The molecule has 1 heterocycles. The number of aromatic nitrogens is 2. The minimum absolute atomic E-state index is 0.293. The number of amides is 2. The van der Waals surface area contributed by atoms with E-state index in [0.29, 0.717) is 34.9 Å².